The molecule has 2 N–H and O–H groups in total. The molecule has 0 aliphatic carbocycles. The Hall–Kier alpha value is -1.77. The highest BCUT2D eigenvalue weighted by molar-refractivity contribution is 5.93. The summed E-state index contributed by atoms with van der Waals surface area (Å²) in [6, 6.07) is 7.44. The average molecular weight is 190 g/mol. The molecule has 3 heteroatoms. The lowest BCUT2D eigenvalue weighted by molar-refractivity contribution is 0.0963. The third kappa shape index (κ3) is 2.62. The minimum absolute atomic E-state index is 0.0618. The third-order valence-corrected chi connectivity index (χ3v) is 1.89. The van der Waals surface area contributed by atoms with E-state index in [1.807, 2.05) is 12.1 Å². The first-order valence-corrected chi connectivity index (χ1v) is 4.43. The highest BCUT2D eigenvalue weighted by Crippen LogP contribution is 2.03. The zero-order valence-corrected chi connectivity index (χ0v) is 8.21. The van der Waals surface area contributed by atoms with Gasteiger partial charge in [0, 0.05) is 19.2 Å². The molecule has 0 radical (unpaired) electrons. The molecule has 1 aromatic rings. The van der Waals surface area contributed by atoms with E-state index in [9.17, 15) is 4.79 Å². The topological polar surface area (TPSA) is 41.1 Å². The molecule has 0 saturated carbocycles. The number of carbonyl (C=O) groups excluding carboxylic acids is 1. The van der Waals surface area contributed by atoms with E-state index in [4.69, 9.17) is 0 Å². The van der Waals surface area contributed by atoms with Crippen molar-refractivity contribution in [3.8, 4) is 0 Å². The van der Waals surface area contributed by atoms with Crippen molar-refractivity contribution in [2.75, 3.05) is 7.05 Å². The molecular formula is C11H14N2O. The maximum absolute atomic E-state index is 11.2. The number of nitrogens with one attached hydrogen (secondary N) is 2. The van der Waals surface area contributed by atoms with E-state index < -0.39 is 0 Å². The number of hydrogen-bond donors (Lipinski definition) is 2. The number of hydrogen-bond acceptors (Lipinski definition) is 2. The van der Waals surface area contributed by atoms with Gasteiger partial charge in [-0.3, -0.25) is 4.79 Å². The standard InChI is InChI=1S/C11H14N2O/c1-3-13-8-9-4-6-10(7-5-9)11(14)12-2/h3-7,13H,1,8H2,2H3,(H,12,14). The summed E-state index contributed by atoms with van der Waals surface area (Å²) in [5.74, 6) is -0.0618. The highest BCUT2D eigenvalue weighted by atomic mass is 16.1. The molecular weight excluding hydrogens is 176 g/mol. The Balaban J connectivity index is 2.68. The normalized spacial score (nSPS) is 9.21. The van der Waals surface area contributed by atoms with Gasteiger partial charge in [-0.25, -0.2) is 0 Å². The molecule has 0 fully saturated rings. The third-order valence-electron chi connectivity index (χ3n) is 1.89. The summed E-state index contributed by atoms with van der Waals surface area (Å²) in [5, 5.41) is 5.56. The van der Waals surface area contributed by atoms with Gasteiger partial charge in [0.2, 0.25) is 0 Å². The molecule has 0 aliphatic heterocycles. The molecule has 0 aliphatic rings. The number of amides is 1. The van der Waals surface area contributed by atoms with Crippen LogP contribution in [0.4, 0.5) is 0 Å². The molecule has 0 aromatic heterocycles. The lowest BCUT2D eigenvalue weighted by Crippen LogP contribution is -2.17. The lowest BCUT2D eigenvalue weighted by Gasteiger charge is -2.03. The van der Waals surface area contributed by atoms with Crippen LogP contribution in [0.15, 0.2) is 37.0 Å². The van der Waals surface area contributed by atoms with Crippen LogP contribution in [-0.4, -0.2) is 13.0 Å². The van der Waals surface area contributed by atoms with Crippen molar-refractivity contribution in [3.63, 3.8) is 0 Å². The quantitative estimate of drug-likeness (QED) is 0.751. The van der Waals surface area contributed by atoms with Gasteiger partial charge in [0.1, 0.15) is 0 Å². The van der Waals surface area contributed by atoms with Crippen LogP contribution in [0.5, 0.6) is 0 Å². The van der Waals surface area contributed by atoms with Gasteiger partial charge in [0.15, 0.2) is 0 Å². The van der Waals surface area contributed by atoms with Crippen molar-refractivity contribution < 1.29 is 4.79 Å². The summed E-state index contributed by atoms with van der Waals surface area (Å²) < 4.78 is 0. The van der Waals surface area contributed by atoms with E-state index in [-0.39, 0.29) is 5.91 Å². The van der Waals surface area contributed by atoms with Crippen LogP contribution in [0.25, 0.3) is 0 Å². The van der Waals surface area contributed by atoms with Crippen molar-refractivity contribution in [2.45, 2.75) is 6.54 Å². The maximum atomic E-state index is 11.2. The summed E-state index contributed by atoms with van der Waals surface area (Å²) >= 11 is 0. The predicted molar refractivity (Wildman–Crippen MR) is 56.9 cm³/mol. The average Bonchev–Trinajstić information content (AvgIpc) is 2.26. The first-order valence-electron chi connectivity index (χ1n) is 4.43. The Kier molecular flexibility index (Phi) is 3.73. The number of benzene rings is 1. The summed E-state index contributed by atoms with van der Waals surface area (Å²) in [4.78, 5) is 11.2. The van der Waals surface area contributed by atoms with Gasteiger partial charge in [0.25, 0.3) is 5.91 Å². The Morgan fingerprint density at radius 3 is 2.57 bits per heavy atom. The molecule has 1 amide bonds. The molecule has 0 spiro atoms. The van der Waals surface area contributed by atoms with Crippen molar-refractivity contribution in [1.29, 1.82) is 0 Å². The monoisotopic (exact) mass is 190 g/mol. The Morgan fingerprint density at radius 2 is 2.07 bits per heavy atom. The van der Waals surface area contributed by atoms with Crippen LogP contribution in [0.1, 0.15) is 15.9 Å². The van der Waals surface area contributed by atoms with Gasteiger partial charge in [-0.15, -0.1) is 0 Å². The fourth-order valence-electron chi connectivity index (χ4n) is 1.11. The van der Waals surface area contributed by atoms with Crippen molar-refractivity contribution >= 4 is 5.91 Å². The van der Waals surface area contributed by atoms with E-state index in [0.29, 0.717) is 5.56 Å². The second-order valence-corrected chi connectivity index (χ2v) is 2.86. The van der Waals surface area contributed by atoms with Gasteiger partial charge < -0.3 is 10.6 Å². The second-order valence-electron chi connectivity index (χ2n) is 2.86. The molecule has 74 valence electrons. The first kappa shape index (κ1) is 10.3. The fraction of sp³-hybridized carbons (Fsp3) is 0.182. The fourth-order valence-corrected chi connectivity index (χ4v) is 1.11. The zero-order valence-electron chi connectivity index (χ0n) is 8.21. The van der Waals surface area contributed by atoms with Crippen LogP contribution in [0.3, 0.4) is 0 Å². The van der Waals surface area contributed by atoms with Crippen molar-refractivity contribution in [1.82, 2.24) is 10.6 Å². The largest absolute Gasteiger partial charge is 0.387 e. The van der Waals surface area contributed by atoms with Gasteiger partial charge in [0.05, 0.1) is 0 Å². The van der Waals surface area contributed by atoms with Crippen LogP contribution >= 0.6 is 0 Å². The second kappa shape index (κ2) is 5.07. The molecule has 0 bridgehead atoms. The number of carbonyl (C=O) groups is 1. The van der Waals surface area contributed by atoms with Crippen LogP contribution in [0.2, 0.25) is 0 Å². The summed E-state index contributed by atoms with van der Waals surface area (Å²) in [7, 11) is 1.62. The minimum Gasteiger partial charge on any atom is -0.387 e. The van der Waals surface area contributed by atoms with E-state index in [0.717, 1.165) is 12.1 Å². The minimum atomic E-state index is -0.0618. The molecule has 3 nitrogen and oxygen atoms in total. The molecule has 0 unspecified atom stereocenters. The summed E-state index contributed by atoms with van der Waals surface area (Å²) in [6.07, 6.45) is 1.65. The van der Waals surface area contributed by atoms with Crippen LogP contribution in [0, 0.1) is 0 Å². The highest BCUT2D eigenvalue weighted by Gasteiger charge is 2.01. The van der Waals surface area contributed by atoms with E-state index in [1.165, 1.54) is 0 Å². The number of rotatable bonds is 4. The summed E-state index contributed by atoms with van der Waals surface area (Å²) in [5.41, 5.74) is 1.80. The lowest BCUT2D eigenvalue weighted by atomic mass is 10.1. The predicted octanol–water partition coefficient (Wildman–Crippen LogP) is 1.28. The molecule has 14 heavy (non-hydrogen) atoms. The SMILES string of the molecule is C=CNCc1ccc(C(=O)NC)cc1. The molecule has 1 aromatic carbocycles. The Bertz CT molecular complexity index is 317. The molecule has 0 atom stereocenters. The van der Waals surface area contributed by atoms with Crippen LogP contribution in [-0.2, 0) is 6.54 Å². The van der Waals surface area contributed by atoms with E-state index >= 15 is 0 Å². The van der Waals surface area contributed by atoms with Crippen LogP contribution < -0.4 is 10.6 Å². The smallest absolute Gasteiger partial charge is 0.251 e. The van der Waals surface area contributed by atoms with Crippen molar-refractivity contribution in [2.24, 2.45) is 0 Å². The zero-order chi connectivity index (χ0) is 10.4. The van der Waals surface area contributed by atoms with Gasteiger partial charge in [-0.05, 0) is 23.9 Å². The van der Waals surface area contributed by atoms with Gasteiger partial charge >= 0.3 is 0 Å². The van der Waals surface area contributed by atoms with Gasteiger partial charge in [-0.2, -0.15) is 0 Å². The summed E-state index contributed by atoms with van der Waals surface area (Å²) in [6.45, 7) is 4.29. The first-order chi connectivity index (χ1) is 6.77. The maximum Gasteiger partial charge on any atom is 0.251 e. The van der Waals surface area contributed by atoms with E-state index in [1.54, 1.807) is 25.4 Å². The van der Waals surface area contributed by atoms with E-state index in [2.05, 4.69) is 17.2 Å². The van der Waals surface area contributed by atoms with Crippen molar-refractivity contribution in [3.05, 3.63) is 48.2 Å². The van der Waals surface area contributed by atoms with Gasteiger partial charge in [-0.1, -0.05) is 18.7 Å². The Labute approximate surface area is 83.8 Å². The molecule has 0 saturated heterocycles. The molecule has 1 rings (SSSR count). The molecule has 0 heterocycles. The Morgan fingerprint density at radius 1 is 1.43 bits per heavy atom.